The SMILES string of the molecule is CCOC(=O)C1CCCC(NCCC2CCCC(C)C2)C1. The van der Waals surface area contributed by atoms with E-state index in [9.17, 15) is 4.79 Å². The van der Waals surface area contributed by atoms with Crippen LogP contribution in [0.5, 0.6) is 0 Å². The number of hydrogen-bond donors (Lipinski definition) is 1. The zero-order chi connectivity index (χ0) is 15.1. The summed E-state index contributed by atoms with van der Waals surface area (Å²) in [7, 11) is 0. The molecule has 2 aliphatic rings. The van der Waals surface area contributed by atoms with Crippen molar-refractivity contribution in [3.63, 3.8) is 0 Å². The second-order valence-electron chi connectivity index (χ2n) is 7.19. The summed E-state index contributed by atoms with van der Waals surface area (Å²) in [6, 6.07) is 0.522. The first-order valence-corrected chi connectivity index (χ1v) is 9.09. The third-order valence-electron chi connectivity index (χ3n) is 5.32. The normalized spacial score (nSPS) is 33.6. The molecule has 2 rings (SSSR count). The minimum Gasteiger partial charge on any atom is -0.466 e. The summed E-state index contributed by atoms with van der Waals surface area (Å²) in [5.41, 5.74) is 0. The molecule has 2 aliphatic carbocycles. The number of ether oxygens (including phenoxy) is 1. The van der Waals surface area contributed by atoms with Crippen molar-refractivity contribution in [3.8, 4) is 0 Å². The Bertz CT molecular complexity index is 318. The van der Waals surface area contributed by atoms with Crippen molar-refractivity contribution in [1.29, 1.82) is 0 Å². The number of carbonyl (C=O) groups excluding carboxylic acids is 1. The predicted molar refractivity (Wildman–Crippen MR) is 86.1 cm³/mol. The monoisotopic (exact) mass is 295 g/mol. The molecule has 1 N–H and O–H groups in total. The van der Waals surface area contributed by atoms with Crippen LogP contribution in [0.4, 0.5) is 0 Å². The van der Waals surface area contributed by atoms with E-state index in [0.29, 0.717) is 12.6 Å². The predicted octanol–water partition coefficient (Wildman–Crippen LogP) is 3.91. The standard InChI is InChI=1S/C18H33NO2/c1-3-21-18(20)16-8-5-9-17(13-16)19-11-10-15-7-4-6-14(2)12-15/h14-17,19H,3-13H2,1-2H3. The van der Waals surface area contributed by atoms with Gasteiger partial charge in [0.05, 0.1) is 12.5 Å². The highest BCUT2D eigenvalue weighted by Gasteiger charge is 2.28. The maximum Gasteiger partial charge on any atom is 0.308 e. The lowest BCUT2D eigenvalue weighted by molar-refractivity contribution is -0.149. The summed E-state index contributed by atoms with van der Waals surface area (Å²) in [6.07, 6.45) is 11.3. The lowest BCUT2D eigenvalue weighted by Gasteiger charge is -2.30. The summed E-state index contributed by atoms with van der Waals surface area (Å²) in [5.74, 6) is 1.99. The van der Waals surface area contributed by atoms with Gasteiger partial charge >= 0.3 is 5.97 Å². The molecule has 0 amide bonds. The van der Waals surface area contributed by atoms with Gasteiger partial charge in [0.2, 0.25) is 0 Å². The van der Waals surface area contributed by atoms with Crippen molar-refractivity contribution >= 4 is 5.97 Å². The minimum absolute atomic E-state index is 0.0186. The van der Waals surface area contributed by atoms with Crippen molar-refractivity contribution in [2.75, 3.05) is 13.2 Å². The number of carbonyl (C=O) groups is 1. The van der Waals surface area contributed by atoms with E-state index in [1.165, 1.54) is 38.5 Å². The van der Waals surface area contributed by atoms with Crippen molar-refractivity contribution in [2.45, 2.75) is 77.7 Å². The molecule has 3 heteroatoms. The molecule has 21 heavy (non-hydrogen) atoms. The molecule has 2 saturated carbocycles. The van der Waals surface area contributed by atoms with Gasteiger partial charge in [-0.15, -0.1) is 0 Å². The van der Waals surface area contributed by atoms with Crippen LogP contribution in [-0.2, 0) is 9.53 Å². The Labute approximate surface area is 130 Å². The van der Waals surface area contributed by atoms with Gasteiger partial charge in [-0.1, -0.05) is 32.6 Å². The zero-order valence-corrected chi connectivity index (χ0v) is 13.9. The largest absolute Gasteiger partial charge is 0.466 e. The lowest BCUT2D eigenvalue weighted by Crippen LogP contribution is -2.38. The fourth-order valence-electron chi connectivity index (χ4n) is 4.16. The van der Waals surface area contributed by atoms with E-state index in [0.717, 1.165) is 37.6 Å². The van der Waals surface area contributed by atoms with Gasteiger partial charge in [0.25, 0.3) is 0 Å². The zero-order valence-electron chi connectivity index (χ0n) is 13.9. The quantitative estimate of drug-likeness (QED) is 0.755. The first-order chi connectivity index (χ1) is 10.2. The highest BCUT2D eigenvalue weighted by Crippen LogP contribution is 2.31. The van der Waals surface area contributed by atoms with E-state index in [4.69, 9.17) is 4.74 Å². The average Bonchev–Trinajstić information content (AvgIpc) is 2.48. The van der Waals surface area contributed by atoms with Crippen molar-refractivity contribution < 1.29 is 9.53 Å². The van der Waals surface area contributed by atoms with E-state index in [1.54, 1.807) is 0 Å². The summed E-state index contributed by atoms with van der Waals surface area (Å²) in [4.78, 5) is 11.9. The Hall–Kier alpha value is -0.570. The van der Waals surface area contributed by atoms with Crippen LogP contribution in [0.15, 0.2) is 0 Å². The number of hydrogen-bond acceptors (Lipinski definition) is 3. The lowest BCUT2D eigenvalue weighted by atomic mass is 9.80. The van der Waals surface area contributed by atoms with Gasteiger partial charge in [0, 0.05) is 6.04 Å². The third kappa shape index (κ3) is 5.61. The average molecular weight is 295 g/mol. The molecule has 122 valence electrons. The fourth-order valence-corrected chi connectivity index (χ4v) is 4.16. The van der Waals surface area contributed by atoms with Crippen LogP contribution in [0.25, 0.3) is 0 Å². The number of esters is 1. The van der Waals surface area contributed by atoms with Gasteiger partial charge in [0.1, 0.15) is 0 Å². The Kier molecular flexibility index (Phi) is 7.01. The van der Waals surface area contributed by atoms with Crippen LogP contribution < -0.4 is 5.32 Å². The molecular weight excluding hydrogens is 262 g/mol. The molecule has 0 spiro atoms. The summed E-state index contributed by atoms with van der Waals surface area (Å²) in [5, 5.41) is 3.70. The molecule has 0 heterocycles. The molecule has 0 aromatic rings. The molecular formula is C18H33NO2. The summed E-state index contributed by atoms with van der Waals surface area (Å²) in [6.45, 7) is 5.91. The van der Waals surface area contributed by atoms with Crippen molar-refractivity contribution in [3.05, 3.63) is 0 Å². The molecule has 0 aromatic carbocycles. The minimum atomic E-state index is 0.0186. The van der Waals surface area contributed by atoms with Gasteiger partial charge in [-0.05, 0) is 57.4 Å². The van der Waals surface area contributed by atoms with E-state index in [2.05, 4.69) is 12.2 Å². The van der Waals surface area contributed by atoms with E-state index in [-0.39, 0.29) is 11.9 Å². The first kappa shape index (κ1) is 16.8. The van der Waals surface area contributed by atoms with E-state index < -0.39 is 0 Å². The van der Waals surface area contributed by atoms with Gasteiger partial charge in [-0.25, -0.2) is 0 Å². The molecule has 3 nitrogen and oxygen atoms in total. The van der Waals surface area contributed by atoms with Crippen LogP contribution >= 0.6 is 0 Å². The van der Waals surface area contributed by atoms with Crippen molar-refractivity contribution in [2.24, 2.45) is 17.8 Å². The Balaban J connectivity index is 1.64. The molecule has 4 unspecified atom stereocenters. The first-order valence-electron chi connectivity index (χ1n) is 9.09. The second-order valence-corrected chi connectivity index (χ2v) is 7.19. The molecule has 4 atom stereocenters. The van der Waals surface area contributed by atoms with E-state index in [1.807, 2.05) is 6.92 Å². The van der Waals surface area contributed by atoms with Crippen molar-refractivity contribution in [1.82, 2.24) is 5.32 Å². The molecule has 0 saturated heterocycles. The van der Waals surface area contributed by atoms with Crippen LogP contribution in [0, 0.1) is 17.8 Å². The molecule has 0 aromatic heterocycles. The Morgan fingerprint density at radius 3 is 2.71 bits per heavy atom. The highest BCUT2D eigenvalue weighted by molar-refractivity contribution is 5.72. The van der Waals surface area contributed by atoms with Gasteiger partial charge in [-0.2, -0.15) is 0 Å². The van der Waals surface area contributed by atoms with Gasteiger partial charge in [0.15, 0.2) is 0 Å². The molecule has 0 bridgehead atoms. The molecule has 0 aliphatic heterocycles. The number of rotatable bonds is 6. The third-order valence-corrected chi connectivity index (χ3v) is 5.32. The fraction of sp³-hybridized carbons (Fsp3) is 0.944. The highest BCUT2D eigenvalue weighted by atomic mass is 16.5. The smallest absolute Gasteiger partial charge is 0.308 e. The van der Waals surface area contributed by atoms with Gasteiger partial charge < -0.3 is 10.1 Å². The Morgan fingerprint density at radius 1 is 1.14 bits per heavy atom. The maximum absolute atomic E-state index is 11.9. The topological polar surface area (TPSA) is 38.3 Å². The molecule has 2 fully saturated rings. The second kappa shape index (κ2) is 8.77. The molecule has 0 radical (unpaired) electrons. The summed E-state index contributed by atoms with van der Waals surface area (Å²) < 4.78 is 5.17. The van der Waals surface area contributed by atoms with Gasteiger partial charge in [-0.3, -0.25) is 4.79 Å². The Morgan fingerprint density at radius 2 is 1.95 bits per heavy atom. The van der Waals surface area contributed by atoms with E-state index >= 15 is 0 Å². The summed E-state index contributed by atoms with van der Waals surface area (Å²) >= 11 is 0. The van der Waals surface area contributed by atoms with Crippen LogP contribution in [0.3, 0.4) is 0 Å². The van der Waals surface area contributed by atoms with Crippen LogP contribution in [-0.4, -0.2) is 25.2 Å². The number of nitrogens with one attached hydrogen (secondary N) is 1. The van der Waals surface area contributed by atoms with Crippen LogP contribution in [0.1, 0.15) is 71.6 Å². The van der Waals surface area contributed by atoms with Crippen LogP contribution in [0.2, 0.25) is 0 Å². The maximum atomic E-state index is 11.9.